The average Bonchev–Trinajstić information content (AvgIpc) is 2.77. The maximum Gasteiger partial charge on any atom is 0.255 e. The molecule has 11 heteroatoms. The normalized spacial score (nSPS) is 27.6. The number of ketones is 2. The van der Waals surface area contributed by atoms with Crippen molar-refractivity contribution >= 4 is 35.2 Å². The topological polar surface area (TPSA) is 182 Å². The van der Waals surface area contributed by atoms with E-state index in [1.807, 2.05) is 0 Å². The molecule has 0 bridgehead atoms. The molecule has 1 aromatic carbocycles. The monoisotopic (exact) mass is 499 g/mol. The number of nitrogens with zero attached hydrogens (tertiary/aromatic N) is 2. The Morgan fingerprint density at radius 2 is 1.83 bits per heavy atom. The van der Waals surface area contributed by atoms with E-state index in [0.29, 0.717) is 17.5 Å². The number of primary amides is 1. The van der Waals surface area contributed by atoms with E-state index in [4.69, 9.17) is 5.73 Å². The first-order chi connectivity index (χ1) is 16.8. The number of anilines is 1. The lowest BCUT2D eigenvalue weighted by Gasteiger charge is -2.50. The van der Waals surface area contributed by atoms with Crippen molar-refractivity contribution in [2.45, 2.75) is 30.9 Å². The summed E-state index contributed by atoms with van der Waals surface area (Å²) in [6, 6.07) is 0.501. The van der Waals surface area contributed by atoms with Crippen LogP contribution in [0.15, 0.2) is 23.0 Å². The molecule has 0 unspecified atom stereocenters. The molecule has 3 aliphatic carbocycles. The van der Waals surface area contributed by atoms with Crippen molar-refractivity contribution in [1.82, 2.24) is 4.90 Å². The Balaban J connectivity index is 2.01. The summed E-state index contributed by atoms with van der Waals surface area (Å²) >= 11 is 0. The Morgan fingerprint density at radius 3 is 2.36 bits per heavy atom. The van der Waals surface area contributed by atoms with E-state index < -0.39 is 58.0 Å². The Kier molecular flexibility index (Phi) is 5.96. The third-order valence-electron chi connectivity index (χ3n) is 7.56. The van der Waals surface area contributed by atoms with Gasteiger partial charge in [0, 0.05) is 43.3 Å². The van der Waals surface area contributed by atoms with Gasteiger partial charge >= 0.3 is 0 Å². The lowest BCUT2D eigenvalue weighted by molar-refractivity contribution is -0.153. The molecule has 0 aromatic heterocycles. The third kappa shape index (κ3) is 3.26. The second-order valence-electron chi connectivity index (χ2n) is 9.98. The Morgan fingerprint density at radius 1 is 1.19 bits per heavy atom. The van der Waals surface area contributed by atoms with Crippen LogP contribution in [0.1, 0.15) is 23.1 Å². The van der Waals surface area contributed by atoms with Crippen molar-refractivity contribution in [1.29, 1.82) is 0 Å². The number of rotatable bonds is 5. The number of hydrogen-bond donors (Lipinski definition) is 5. The van der Waals surface area contributed by atoms with Gasteiger partial charge in [0.25, 0.3) is 5.91 Å². The van der Waals surface area contributed by atoms with Crippen molar-refractivity contribution < 1.29 is 39.6 Å². The fourth-order valence-electron chi connectivity index (χ4n) is 5.99. The molecule has 0 saturated heterocycles. The second kappa shape index (κ2) is 8.45. The SMILES string of the molecule is CN(C)c1cc(CC=O)c(O)c2c1C[C@H]1C[C@H]3[C@H](N(C)C)C(=O)C(C(N)=O)=C(O)[C@@]3(O)C(=O)C1=C2O. The van der Waals surface area contributed by atoms with Gasteiger partial charge in [-0.2, -0.15) is 0 Å². The van der Waals surface area contributed by atoms with Gasteiger partial charge in [-0.25, -0.2) is 0 Å². The summed E-state index contributed by atoms with van der Waals surface area (Å²) < 4.78 is 0. The Labute approximate surface area is 207 Å². The van der Waals surface area contributed by atoms with Gasteiger partial charge in [0.05, 0.1) is 11.6 Å². The van der Waals surface area contributed by atoms with Gasteiger partial charge in [0.2, 0.25) is 5.78 Å². The molecule has 11 nitrogen and oxygen atoms in total. The molecule has 0 heterocycles. The highest BCUT2D eigenvalue weighted by Gasteiger charge is 2.64. The molecule has 4 rings (SSSR count). The first-order valence-corrected chi connectivity index (χ1v) is 11.4. The van der Waals surface area contributed by atoms with E-state index in [2.05, 4.69) is 0 Å². The van der Waals surface area contributed by atoms with Crippen LogP contribution in [0.4, 0.5) is 5.69 Å². The number of carbonyl (C=O) groups excluding carboxylic acids is 4. The van der Waals surface area contributed by atoms with Crippen LogP contribution in [-0.4, -0.2) is 88.9 Å². The molecule has 3 aliphatic rings. The van der Waals surface area contributed by atoms with Crippen LogP contribution in [0, 0.1) is 11.8 Å². The number of hydrogen-bond acceptors (Lipinski definition) is 10. The van der Waals surface area contributed by atoms with Crippen LogP contribution in [-0.2, 0) is 32.0 Å². The van der Waals surface area contributed by atoms with E-state index in [1.165, 1.54) is 4.90 Å². The van der Waals surface area contributed by atoms with Gasteiger partial charge in [0.1, 0.15) is 29.1 Å². The highest BCUT2D eigenvalue weighted by Crippen LogP contribution is 2.54. The minimum absolute atomic E-state index is 0.00941. The van der Waals surface area contributed by atoms with E-state index in [0.717, 1.165) is 0 Å². The van der Waals surface area contributed by atoms with Crippen LogP contribution in [0.3, 0.4) is 0 Å². The van der Waals surface area contributed by atoms with Gasteiger partial charge in [-0.15, -0.1) is 0 Å². The summed E-state index contributed by atoms with van der Waals surface area (Å²) in [4.78, 5) is 53.4. The number of fused-ring (bicyclic) bond motifs is 3. The molecule has 0 aliphatic heterocycles. The van der Waals surface area contributed by atoms with Crippen LogP contribution < -0.4 is 10.6 Å². The lowest BCUT2D eigenvalue weighted by atomic mass is 9.57. The largest absolute Gasteiger partial charge is 0.508 e. The maximum absolute atomic E-state index is 13.8. The first kappa shape index (κ1) is 25.4. The first-order valence-electron chi connectivity index (χ1n) is 11.4. The summed E-state index contributed by atoms with van der Waals surface area (Å²) in [6.45, 7) is 0. The van der Waals surface area contributed by atoms with Crippen LogP contribution >= 0.6 is 0 Å². The van der Waals surface area contributed by atoms with Gasteiger partial charge in [0.15, 0.2) is 11.4 Å². The van der Waals surface area contributed by atoms with Crippen molar-refractivity contribution in [2.75, 3.05) is 33.1 Å². The number of aliphatic hydroxyl groups is 3. The summed E-state index contributed by atoms with van der Waals surface area (Å²) in [5.74, 6) is -7.04. The number of phenols is 1. The molecule has 1 saturated carbocycles. The number of benzene rings is 1. The van der Waals surface area contributed by atoms with Crippen LogP contribution in [0.2, 0.25) is 0 Å². The minimum atomic E-state index is -2.69. The number of aliphatic hydroxyl groups excluding tert-OH is 2. The molecule has 192 valence electrons. The predicted molar refractivity (Wildman–Crippen MR) is 128 cm³/mol. The summed E-state index contributed by atoms with van der Waals surface area (Å²) in [6.07, 6.45) is 0.654. The molecule has 1 aromatic rings. The quantitative estimate of drug-likeness (QED) is 0.268. The highest BCUT2D eigenvalue weighted by molar-refractivity contribution is 6.24. The zero-order valence-electron chi connectivity index (χ0n) is 20.4. The molecule has 0 spiro atoms. The number of phenolic OH excluding ortho intramolecular Hbond substituents is 1. The minimum Gasteiger partial charge on any atom is -0.508 e. The predicted octanol–water partition coefficient (Wildman–Crippen LogP) is -0.229. The second-order valence-corrected chi connectivity index (χ2v) is 9.98. The molecule has 36 heavy (non-hydrogen) atoms. The summed E-state index contributed by atoms with van der Waals surface area (Å²) in [5.41, 5.74) is 2.92. The van der Waals surface area contributed by atoms with Gasteiger partial charge < -0.3 is 35.9 Å². The van der Waals surface area contributed by atoms with Crippen molar-refractivity contribution in [2.24, 2.45) is 17.6 Å². The summed E-state index contributed by atoms with van der Waals surface area (Å²) in [7, 11) is 6.61. The third-order valence-corrected chi connectivity index (χ3v) is 7.56. The fraction of sp³-hybridized carbons (Fsp3) is 0.440. The van der Waals surface area contributed by atoms with Crippen molar-refractivity contribution in [3.8, 4) is 5.75 Å². The standard InChI is InChI=1S/C25H29N3O8/c1-27(2)14-9-10(5-6-29)19(30)16-12(14)7-11-8-13-18(28(3)4)21(32)17(24(26)35)23(34)25(13,36)22(33)15(11)20(16)31/h6,9,11,13,18,30-31,34,36H,5,7-8H2,1-4H3,(H2,26,35)/t11-,13-,18-,25-/m0/s1. The number of nitrogens with two attached hydrogens (primary N) is 1. The van der Waals surface area contributed by atoms with Crippen molar-refractivity contribution in [3.63, 3.8) is 0 Å². The molecule has 4 atom stereocenters. The lowest BCUT2D eigenvalue weighted by Crippen LogP contribution is -2.65. The highest BCUT2D eigenvalue weighted by atomic mass is 16.3. The fourth-order valence-corrected chi connectivity index (χ4v) is 5.99. The molecule has 1 fully saturated rings. The number of amides is 1. The number of aromatic hydroxyl groups is 1. The smallest absolute Gasteiger partial charge is 0.255 e. The number of Topliss-reactive ketones (excluding diaryl/α,β-unsaturated/α-hetero) is 2. The molecular formula is C25H29N3O8. The number of aldehydes is 1. The Hall–Kier alpha value is -3.70. The van der Waals surface area contributed by atoms with Gasteiger partial charge in [-0.05, 0) is 44.5 Å². The van der Waals surface area contributed by atoms with Gasteiger partial charge in [-0.3, -0.25) is 19.3 Å². The zero-order valence-corrected chi connectivity index (χ0v) is 20.4. The van der Waals surface area contributed by atoms with E-state index in [9.17, 15) is 39.6 Å². The molecular weight excluding hydrogens is 470 g/mol. The van der Waals surface area contributed by atoms with Gasteiger partial charge in [-0.1, -0.05) is 0 Å². The maximum atomic E-state index is 13.8. The average molecular weight is 500 g/mol. The number of likely N-dealkylation sites (N-methyl/N-ethyl adjacent to an activating group) is 1. The molecule has 6 N–H and O–H groups in total. The molecule has 1 amide bonds. The molecule has 0 radical (unpaired) electrons. The van der Waals surface area contributed by atoms with E-state index in [-0.39, 0.29) is 41.7 Å². The summed E-state index contributed by atoms with van der Waals surface area (Å²) in [5, 5.41) is 44.7. The van der Waals surface area contributed by atoms with Crippen LogP contribution in [0.25, 0.3) is 5.76 Å². The van der Waals surface area contributed by atoms with Crippen LogP contribution in [0.5, 0.6) is 5.75 Å². The zero-order chi connectivity index (χ0) is 26.9. The Bertz CT molecular complexity index is 1280. The van der Waals surface area contributed by atoms with E-state index in [1.54, 1.807) is 39.2 Å². The number of carbonyl (C=O) groups is 4. The van der Waals surface area contributed by atoms with E-state index >= 15 is 0 Å². The van der Waals surface area contributed by atoms with Crippen molar-refractivity contribution in [3.05, 3.63) is 39.7 Å².